The quantitative estimate of drug-likeness (QED) is 0.666. The van der Waals surface area contributed by atoms with Gasteiger partial charge in [0.15, 0.2) is 0 Å². The van der Waals surface area contributed by atoms with Crippen LogP contribution < -0.4 is 5.56 Å². The van der Waals surface area contributed by atoms with Crippen LogP contribution in [-0.4, -0.2) is 9.55 Å². The van der Waals surface area contributed by atoms with E-state index in [-0.39, 0.29) is 5.56 Å². The van der Waals surface area contributed by atoms with Crippen molar-refractivity contribution in [2.24, 2.45) is 0 Å². The van der Waals surface area contributed by atoms with Crippen molar-refractivity contribution in [2.45, 2.75) is 19.4 Å². The molecule has 0 spiro atoms. The maximum Gasteiger partial charge on any atom is 0.261 e. The normalized spacial score (nSPS) is 15.8. The Labute approximate surface area is 138 Å². The first kappa shape index (κ1) is 14.2. The maximum absolute atomic E-state index is 12.7. The minimum Gasteiger partial charge on any atom is -0.292 e. The summed E-state index contributed by atoms with van der Waals surface area (Å²) in [6.07, 6.45) is 3.97. The average molecular weight is 323 g/mol. The Morgan fingerprint density at radius 1 is 1.09 bits per heavy atom. The molecule has 0 bridgehead atoms. The second-order valence-corrected chi connectivity index (χ2v) is 6.17. The van der Waals surface area contributed by atoms with Crippen LogP contribution in [0.15, 0.2) is 53.3 Å². The van der Waals surface area contributed by atoms with Crippen LogP contribution in [0.3, 0.4) is 0 Å². The van der Waals surface area contributed by atoms with E-state index in [1.165, 1.54) is 0 Å². The molecule has 0 radical (unpaired) electrons. The van der Waals surface area contributed by atoms with Gasteiger partial charge in [0.05, 0.1) is 10.9 Å². The number of rotatable bonds is 1. The van der Waals surface area contributed by atoms with Crippen molar-refractivity contribution in [1.29, 1.82) is 0 Å². The Kier molecular flexibility index (Phi) is 3.50. The third-order valence-electron chi connectivity index (χ3n) is 4.19. The van der Waals surface area contributed by atoms with Crippen LogP contribution in [0.1, 0.15) is 24.2 Å². The second-order valence-electron chi connectivity index (χ2n) is 5.73. The predicted molar refractivity (Wildman–Crippen MR) is 94.6 cm³/mol. The minimum atomic E-state index is 0.0484. The van der Waals surface area contributed by atoms with Crippen molar-refractivity contribution in [3.63, 3.8) is 0 Å². The third-order valence-corrected chi connectivity index (χ3v) is 4.44. The molecule has 1 aromatic heterocycles. The summed E-state index contributed by atoms with van der Waals surface area (Å²) in [4.78, 5) is 17.4. The number of halogens is 1. The Bertz CT molecular complexity index is 971. The average Bonchev–Trinajstić information content (AvgIpc) is 2.58. The van der Waals surface area contributed by atoms with Crippen molar-refractivity contribution < 1.29 is 0 Å². The first-order chi connectivity index (χ1) is 11.2. The molecule has 0 atom stereocenters. The molecule has 4 heteroatoms. The number of hydrogen-bond donors (Lipinski definition) is 0. The summed E-state index contributed by atoms with van der Waals surface area (Å²) in [5.41, 5.74) is 2.97. The molecule has 0 saturated heterocycles. The minimum absolute atomic E-state index is 0.0484. The smallest absolute Gasteiger partial charge is 0.261 e. The van der Waals surface area contributed by atoms with Crippen LogP contribution in [0.2, 0.25) is 5.02 Å². The lowest BCUT2D eigenvalue weighted by Crippen LogP contribution is -2.27. The van der Waals surface area contributed by atoms with Crippen LogP contribution in [0.5, 0.6) is 0 Å². The van der Waals surface area contributed by atoms with Crippen LogP contribution in [-0.2, 0) is 6.54 Å². The van der Waals surface area contributed by atoms with E-state index in [1.54, 1.807) is 4.57 Å². The predicted octanol–water partition coefficient (Wildman–Crippen LogP) is 4.38. The lowest BCUT2D eigenvalue weighted by molar-refractivity contribution is 0.587. The maximum atomic E-state index is 12.7. The first-order valence-corrected chi connectivity index (χ1v) is 8.06. The highest BCUT2D eigenvalue weighted by atomic mass is 35.5. The van der Waals surface area contributed by atoms with Gasteiger partial charge in [0.25, 0.3) is 5.56 Å². The number of fused-ring (bicyclic) bond motifs is 2. The van der Waals surface area contributed by atoms with E-state index in [0.717, 1.165) is 46.9 Å². The summed E-state index contributed by atoms with van der Waals surface area (Å²) in [6, 6.07) is 15.2. The molecular weight excluding hydrogens is 308 g/mol. The molecule has 3 nitrogen and oxygen atoms in total. The van der Waals surface area contributed by atoms with Gasteiger partial charge in [-0.05, 0) is 54.3 Å². The highest BCUT2D eigenvalue weighted by molar-refractivity contribution is 6.30. The molecule has 0 unspecified atom stereocenters. The fourth-order valence-electron chi connectivity index (χ4n) is 3.06. The summed E-state index contributed by atoms with van der Waals surface area (Å²) in [5.74, 6) is 0.787. The van der Waals surface area contributed by atoms with Gasteiger partial charge in [0.2, 0.25) is 0 Å². The molecular formula is C19H15ClN2O. The molecule has 2 heterocycles. The van der Waals surface area contributed by atoms with E-state index >= 15 is 0 Å². The summed E-state index contributed by atoms with van der Waals surface area (Å²) < 4.78 is 1.80. The van der Waals surface area contributed by atoms with Gasteiger partial charge in [-0.15, -0.1) is 0 Å². The van der Waals surface area contributed by atoms with E-state index in [4.69, 9.17) is 16.6 Å². The molecule has 1 aliphatic rings. The first-order valence-electron chi connectivity index (χ1n) is 7.68. The zero-order valence-electron chi connectivity index (χ0n) is 12.5. The van der Waals surface area contributed by atoms with Gasteiger partial charge in [-0.25, -0.2) is 4.98 Å². The number of aromatic nitrogens is 2. The van der Waals surface area contributed by atoms with E-state index in [1.807, 2.05) is 48.5 Å². The lowest BCUT2D eigenvalue weighted by Gasteiger charge is -2.20. The van der Waals surface area contributed by atoms with Crippen molar-refractivity contribution in [1.82, 2.24) is 9.55 Å². The van der Waals surface area contributed by atoms with Crippen LogP contribution in [0.4, 0.5) is 0 Å². The van der Waals surface area contributed by atoms with Gasteiger partial charge in [-0.1, -0.05) is 35.9 Å². The number of hydrogen-bond acceptors (Lipinski definition) is 2. The van der Waals surface area contributed by atoms with E-state index in [0.29, 0.717) is 5.39 Å². The van der Waals surface area contributed by atoms with Crippen molar-refractivity contribution >= 4 is 34.2 Å². The molecule has 0 aliphatic carbocycles. The van der Waals surface area contributed by atoms with Gasteiger partial charge in [-0.3, -0.25) is 9.36 Å². The summed E-state index contributed by atoms with van der Waals surface area (Å²) >= 11 is 5.94. The number of benzene rings is 2. The zero-order valence-corrected chi connectivity index (χ0v) is 13.3. The standard InChI is InChI=1S/C19H15ClN2O/c20-15-9-7-13(8-10-15)12-14-4-3-11-22-18(14)21-17-6-2-1-5-16(17)19(22)23/h1-2,5-10,12H,3-4,11H2. The van der Waals surface area contributed by atoms with Gasteiger partial charge >= 0.3 is 0 Å². The number of nitrogens with zero attached hydrogens (tertiary/aromatic N) is 2. The topological polar surface area (TPSA) is 34.9 Å². The molecule has 0 N–H and O–H groups in total. The van der Waals surface area contributed by atoms with Crippen LogP contribution in [0.25, 0.3) is 22.6 Å². The molecule has 0 saturated carbocycles. The molecule has 0 amide bonds. The highest BCUT2D eigenvalue weighted by Gasteiger charge is 2.18. The van der Waals surface area contributed by atoms with Gasteiger partial charge < -0.3 is 0 Å². The largest absolute Gasteiger partial charge is 0.292 e. The Hall–Kier alpha value is -2.39. The third kappa shape index (κ3) is 2.57. The molecule has 3 aromatic rings. The zero-order chi connectivity index (χ0) is 15.8. The van der Waals surface area contributed by atoms with Gasteiger partial charge in [0, 0.05) is 11.6 Å². The van der Waals surface area contributed by atoms with Crippen molar-refractivity contribution in [3.05, 3.63) is 75.3 Å². The Morgan fingerprint density at radius 2 is 1.87 bits per heavy atom. The molecule has 0 fully saturated rings. The molecule has 4 rings (SSSR count). The molecule has 1 aliphatic heterocycles. The highest BCUT2D eigenvalue weighted by Crippen LogP contribution is 2.27. The molecule has 2 aromatic carbocycles. The molecule has 23 heavy (non-hydrogen) atoms. The second kappa shape index (κ2) is 5.67. The van der Waals surface area contributed by atoms with Gasteiger partial charge in [0.1, 0.15) is 5.82 Å². The van der Waals surface area contributed by atoms with E-state index in [9.17, 15) is 4.79 Å². The summed E-state index contributed by atoms with van der Waals surface area (Å²) in [7, 11) is 0. The number of para-hydroxylation sites is 1. The van der Waals surface area contributed by atoms with E-state index in [2.05, 4.69) is 6.08 Å². The van der Waals surface area contributed by atoms with Gasteiger partial charge in [-0.2, -0.15) is 0 Å². The Balaban J connectivity index is 1.91. The fourth-order valence-corrected chi connectivity index (χ4v) is 3.18. The Morgan fingerprint density at radius 3 is 2.70 bits per heavy atom. The van der Waals surface area contributed by atoms with Crippen LogP contribution >= 0.6 is 11.6 Å². The monoisotopic (exact) mass is 322 g/mol. The SMILES string of the molecule is O=c1c2ccccc2nc2n1CCCC2=Cc1ccc(Cl)cc1. The van der Waals surface area contributed by atoms with Crippen molar-refractivity contribution in [2.75, 3.05) is 0 Å². The summed E-state index contributed by atoms with van der Waals surface area (Å²) in [5, 5.41) is 1.40. The summed E-state index contributed by atoms with van der Waals surface area (Å²) in [6.45, 7) is 0.726. The van der Waals surface area contributed by atoms with E-state index < -0.39 is 0 Å². The van der Waals surface area contributed by atoms with Crippen molar-refractivity contribution in [3.8, 4) is 0 Å². The fraction of sp³-hybridized carbons (Fsp3) is 0.158. The lowest BCUT2D eigenvalue weighted by atomic mass is 10.0. The van der Waals surface area contributed by atoms with Crippen LogP contribution in [0, 0.1) is 0 Å². The number of allylic oxidation sites excluding steroid dienone is 1. The molecule has 114 valence electrons.